The second-order valence-corrected chi connectivity index (χ2v) is 7.07. The Hall–Kier alpha value is -1.02. The molecular formula is C19H21Cl2N. The molecule has 1 aliphatic heterocycles. The van der Waals surface area contributed by atoms with E-state index in [1.165, 1.54) is 30.4 Å². The third-order valence-corrected chi connectivity index (χ3v) is 5.24. The van der Waals surface area contributed by atoms with Crippen molar-refractivity contribution in [3.63, 3.8) is 0 Å². The SMILES string of the molecule is Clc1ccc(CCCC2(c3ccc(Cl)cc3)CCNC2)cc1. The molecule has 3 heteroatoms. The monoisotopic (exact) mass is 333 g/mol. The van der Waals surface area contributed by atoms with E-state index in [4.69, 9.17) is 23.2 Å². The van der Waals surface area contributed by atoms with Gasteiger partial charge in [0.2, 0.25) is 0 Å². The first kappa shape index (κ1) is 15.9. The van der Waals surface area contributed by atoms with Gasteiger partial charge in [0.25, 0.3) is 0 Å². The van der Waals surface area contributed by atoms with Crippen LogP contribution in [-0.2, 0) is 11.8 Å². The van der Waals surface area contributed by atoms with E-state index in [0.29, 0.717) is 0 Å². The lowest BCUT2D eigenvalue weighted by Gasteiger charge is -2.29. The number of benzene rings is 2. The van der Waals surface area contributed by atoms with E-state index in [2.05, 4.69) is 29.6 Å². The molecule has 22 heavy (non-hydrogen) atoms. The molecule has 0 radical (unpaired) electrons. The summed E-state index contributed by atoms with van der Waals surface area (Å²) >= 11 is 12.0. The van der Waals surface area contributed by atoms with E-state index < -0.39 is 0 Å². The average Bonchev–Trinajstić information content (AvgIpc) is 3.00. The highest BCUT2D eigenvalue weighted by Gasteiger charge is 2.34. The molecule has 2 aromatic carbocycles. The van der Waals surface area contributed by atoms with Gasteiger partial charge in [-0.25, -0.2) is 0 Å². The Labute approximate surface area is 142 Å². The first-order chi connectivity index (χ1) is 10.7. The van der Waals surface area contributed by atoms with Crippen molar-refractivity contribution in [3.05, 3.63) is 69.7 Å². The summed E-state index contributed by atoms with van der Waals surface area (Å²) in [6.45, 7) is 2.17. The molecule has 0 aliphatic carbocycles. The van der Waals surface area contributed by atoms with Crippen molar-refractivity contribution < 1.29 is 0 Å². The fourth-order valence-corrected chi connectivity index (χ4v) is 3.69. The van der Waals surface area contributed by atoms with Crippen LogP contribution < -0.4 is 5.32 Å². The molecular weight excluding hydrogens is 313 g/mol. The van der Waals surface area contributed by atoms with Crippen molar-refractivity contribution in [1.82, 2.24) is 5.32 Å². The lowest BCUT2D eigenvalue weighted by molar-refractivity contribution is 0.418. The number of rotatable bonds is 5. The van der Waals surface area contributed by atoms with Gasteiger partial charge >= 0.3 is 0 Å². The molecule has 1 N–H and O–H groups in total. The lowest BCUT2D eigenvalue weighted by atomic mass is 9.75. The van der Waals surface area contributed by atoms with Crippen molar-refractivity contribution in [3.8, 4) is 0 Å². The van der Waals surface area contributed by atoms with Gasteiger partial charge in [-0.3, -0.25) is 0 Å². The van der Waals surface area contributed by atoms with Gasteiger partial charge in [-0.05, 0) is 67.6 Å². The highest BCUT2D eigenvalue weighted by atomic mass is 35.5. The molecule has 0 amide bonds. The zero-order chi connectivity index (χ0) is 15.4. The summed E-state index contributed by atoms with van der Waals surface area (Å²) in [6, 6.07) is 16.6. The second-order valence-electron chi connectivity index (χ2n) is 6.19. The van der Waals surface area contributed by atoms with Gasteiger partial charge < -0.3 is 5.32 Å². The maximum absolute atomic E-state index is 6.03. The molecule has 1 heterocycles. The van der Waals surface area contributed by atoms with Crippen LogP contribution in [0.15, 0.2) is 48.5 Å². The van der Waals surface area contributed by atoms with Gasteiger partial charge in [0.15, 0.2) is 0 Å². The van der Waals surface area contributed by atoms with Crippen LogP contribution in [0.25, 0.3) is 0 Å². The van der Waals surface area contributed by atoms with E-state index in [-0.39, 0.29) is 5.41 Å². The Morgan fingerprint density at radius 2 is 1.55 bits per heavy atom. The third-order valence-electron chi connectivity index (χ3n) is 4.73. The van der Waals surface area contributed by atoms with Gasteiger partial charge in [-0.15, -0.1) is 0 Å². The molecule has 0 bridgehead atoms. The minimum Gasteiger partial charge on any atom is -0.316 e. The quantitative estimate of drug-likeness (QED) is 0.788. The maximum atomic E-state index is 6.03. The summed E-state index contributed by atoms with van der Waals surface area (Å²) in [5.74, 6) is 0. The van der Waals surface area contributed by atoms with Crippen LogP contribution in [0.5, 0.6) is 0 Å². The topological polar surface area (TPSA) is 12.0 Å². The number of nitrogens with one attached hydrogen (secondary N) is 1. The molecule has 1 fully saturated rings. The molecule has 2 aromatic rings. The molecule has 1 aliphatic rings. The molecule has 1 nitrogen and oxygen atoms in total. The molecule has 1 saturated heterocycles. The minimum absolute atomic E-state index is 0.261. The van der Waals surface area contributed by atoms with E-state index in [9.17, 15) is 0 Å². The van der Waals surface area contributed by atoms with Gasteiger partial charge in [0.05, 0.1) is 0 Å². The summed E-state index contributed by atoms with van der Waals surface area (Å²) in [4.78, 5) is 0. The summed E-state index contributed by atoms with van der Waals surface area (Å²) in [7, 11) is 0. The van der Waals surface area contributed by atoms with Gasteiger partial charge in [-0.1, -0.05) is 47.5 Å². The predicted octanol–water partition coefficient (Wildman–Crippen LogP) is 5.25. The van der Waals surface area contributed by atoms with Crippen LogP contribution in [0.3, 0.4) is 0 Å². The Morgan fingerprint density at radius 1 is 0.909 bits per heavy atom. The molecule has 0 aromatic heterocycles. The molecule has 1 unspecified atom stereocenters. The first-order valence-electron chi connectivity index (χ1n) is 7.89. The first-order valence-corrected chi connectivity index (χ1v) is 8.65. The van der Waals surface area contributed by atoms with Crippen LogP contribution in [0.4, 0.5) is 0 Å². The van der Waals surface area contributed by atoms with Crippen molar-refractivity contribution >= 4 is 23.2 Å². The Balaban J connectivity index is 1.67. The maximum Gasteiger partial charge on any atom is 0.0406 e. The van der Waals surface area contributed by atoms with E-state index in [1.54, 1.807) is 0 Å². The Bertz CT molecular complexity index is 598. The van der Waals surface area contributed by atoms with Crippen LogP contribution in [-0.4, -0.2) is 13.1 Å². The highest BCUT2D eigenvalue weighted by molar-refractivity contribution is 6.30. The van der Waals surface area contributed by atoms with E-state index >= 15 is 0 Å². The number of hydrogen-bond acceptors (Lipinski definition) is 1. The minimum atomic E-state index is 0.261. The van der Waals surface area contributed by atoms with Crippen molar-refractivity contribution in [2.45, 2.75) is 31.1 Å². The van der Waals surface area contributed by atoms with Crippen LogP contribution in [0.2, 0.25) is 10.0 Å². The fourth-order valence-electron chi connectivity index (χ4n) is 3.43. The van der Waals surface area contributed by atoms with E-state index in [0.717, 1.165) is 29.6 Å². The van der Waals surface area contributed by atoms with Crippen molar-refractivity contribution in [2.24, 2.45) is 0 Å². The highest BCUT2D eigenvalue weighted by Crippen LogP contribution is 2.36. The smallest absolute Gasteiger partial charge is 0.0406 e. The number of aryl methyl sites for hydroxylation is 1. The van der Waals surface area contributed by atoms with E-state index in [1.807, 2.05) is 24.3 Å². The average molecular weight is 334 g/mol. The van der Waals surface area contributed by atoms with Crippen LogP contribution >= 0.6 is 23.2 Å². The summed E-state index contributed by atoms with van der Waals surface area (Å²) in [5.41, 5.74) is 3.04. The summed E-state index contributed by atoms with van der Waals surface area (Å²) in [5, 5.41) is 5.15. The van der Waals surface area contributed by atoms with Gasteiger partial charge in [-0.2, -0.15) is 0 Å². The summed E-state index contributed by atoms with van der Waals surface area (Å²) in [6.07, 6.45) is 4.69. The predicted molar refractivity (Wildman–Crippen MR) is 95.0 cm³/mol. The fraction of sp³-hybridized carbons (Fsp3) is 0.368. The largest absolute Gasteiger partial charge is 0.316 e. The molecule has 0 saturated carbocycles. The Morgan fingerprint density at radius 3 is 2.14 bits per heavy atom. The van der Waals surface area contributed by atoms with Gasteiger partial charge in [0.1, 0.15) is 0 Å². The number of hydrogen-bond donors (Lipinski definition) is 1. The molecule has 0 spiro atoms. The molecule has 1 atom stereocenters. The van der Waals surface area contributed by atoms with Crippen molar-refractivity contribution in [1.29, 1.82) is 0 Å². The molecule has 3 rings (SSSR count). The zero-order valence-corrected chi connectivity index (χ0v) is 14.1. The van der Waals surface area contributed by atoms with Gasteiger partial charge in [0, 0.05) is 22.0 Å². The standard InChI is InChI=1S/C19H21Cl2N/c20-17-7-3-15(4-8-17)2-1-11-19(12-13-22-14-19)16-5-9-18(21)10-6-16/h3-10,22H,1-2,11-14H2. The number of halogens is 2. The second kappa shape index (κ2) is 7.04. The van der Waals surface area contributed by atoms with Crippen molar-refractivity contribution in [2.75, 3.05) is 13.1 Å². The molecule has 116 valence electrons. The normalized spacial score (nSPS) is 21.2. The van der Waals surface area contributed by atoms with Crippen LogP contribution in [0, 0.1) is 0 Å². The lowest BCUT2D eigenvalue weighted by Crippen LogP contribution is -2.29. The third kappa shape index (κ3) is 3.65. The summed E-state index contributed by atoms with van der Waals surface area (Å²) < 4.78 is 0. The zero-order valence-electron chi connectivity index (χ0n) is 12.6. The van der Waals surface area contributed by atoms with Crippen LogP contribution in [0.1, 0.15) is 30.4 Å². The Kier molecular flexibility index (Phi) is 5.07.